The predicted octanol–water partition coefficient (Wildman–Crippen LogP) is 4.75. The van der Waals surface area contributed by atoms with Gasteiger partial charge in [0.2, 0.25) is 0 Å². The van der Waals surface area contributed by atoms with Crippen LogP contribution < -0.4 is 0 Å². The molecule has 0 bridgehead atoms. The Hall–Kier alpha value is 1.20. The van der Waals surface area contributed by atoms with Crippen LogP contribution in [0.15, 0.2) is 0 Å². The fraction of sp³-hybridized carbons (Fsp3) is 1.00. The van der Waals surface area contributed by atoms with E-state index in [0.717, 1.165) is 0 Å². The molecular formula is C10H24F2GeSn. The third-order valence-corrected chi connectivity index (χ3v) is 8.83. The van der Waals surface area contributed by atoms with Gasteiger partial charge in [-0.25, -0.2) is 0 Å². The van der Waals surface area contributed by atoms with Crippen molar-refractivity contribution in [2.75, 3.05) is 0 Å². The van der Waals surface area contributed by atoms with E-state index in [-0.39, 0.29) is 6.86 Å². The molecule has 4 heteroatoms. The zero-order valence-electron chi connectivity index (χ0n) is 10.8. The van der Waals surface area contributed by atoms with Gasteiger partial charge in [0.05, 0.1) is 0 Å². The van der Waals surface area contributed by atoms with E-state index in [1.165, 1.54) is 0 Å². The summed E-state index contributed by atoms with van der Waals surface area (Å²) in [4.78, 5) is 0. The maximum atomic E-state index is 13.6. The molecule has 0 saturated heterocycles. The van der Waals surface area contributed by atoms with E-state index in [4.69, 9.17) is 0 Å². The van der Waals surface area contributed by atoms with Crippen molar-refractivity contribution in [3.8, 4) is 0 Å². The monoisotopic (exact) mass is 376 g/mol. The summed E-state index contributed by atoms with van der Waals surface area (Å²) in [5, 5.41) is 0. The van der Waals surface area contributed by atoms with Crippen LogP contribution in [0.3, 0.4) is 0 Å². The van der Waals surface area contributed by atoms with Crippen LogP contribution in [0.25, 0.3) is 0 Å². The van der Waals surface area contributed by atoms with Crippen molar-refractivity contribution >= 4 is 35.1 Å². The third kappa shape index (κ3) is 11.3. The Morgan fingerprint density at radius 2 is 1.00 bits per heavy atom. The molecule has 0 atom stereocenters. The molecule has 0 aromatic rings. The predicted molar refractivity (Wildman–Crippen MR) is 64.9 cm³/mol. The minimum absolute atomic E-state index is 0.0273. The molecule has 0 amide bonds. The molecule has 0 rings (SSSR count). The second-order valence-corrected chi connectivity index (χ2v) is 19.7. The fourth-order valence-electron chi connectivity index (χ4n) is 1.12. The average Bonchev–Trinajstić information content (AvgIpc) is 1.80. The number of hydrogen-bond donors (Lipinski definition) is 0. The van der Waals surface area contributed by atoms with Crippen LogP contribution in [-0.2, 0) is 0 Å². The molecule has 0 saturated carbocycles. The summed E-state index contributed by atoms with van der Waals surface area (Å²) in [5.41, 5.74) is 0. The van der Waals surface area contributed by atoms with Gasteiger partial charge in [-0.1, -0.05) is 0 Å². The van der Waals surface area contributed by atoms with Crippen molar-refractivity contribution in [1.82, 2.24) is 0 Å². The van der Waals surface area contributed by atoms with Crippen molar-refractivity contribution in [3.63, 3.8) is 0 Å². The van der Waals surface area contributed by atoms with E-state index in [0.29, 0.717) is 0 Å². The van der Waals surface area contributed by atoms with Crippen LogP contribution in [-0.4, -0.2) is 35.1 Å². The van der Waals surface area contributed by atoms with Crippen molar-refractivity contribution in [2.24, 2.45) is 0 Å². The Labute approximate surface area is 101 Å². The van der Waals surface area contributed by atoms with E-state index < -0.39 is 35.1 Å². The second kappa shape index (κ2) is 6.71. The first-order valence-electron chi connectivity index (χ1n) is 4.88. The van der Waals surface area contributed by atoms with Crippen LogP contribution in [0.2, 0.25) is 18.4 Å². The van der Waals surface area contributed by atoms with Crippen molar-refractivity contribution in [2.45, 2.75) is 59.9 Å². The maximum absolute atomic E-state index is 13.6. The zero-order valence-corrected chi connectivity index (χ0v) is 15.7. The summed E-state index contributed by atoms with van der Waals surface area (Å²) in [5.74, 6) is 3.33. The van der Waals surface area contributed by atoms with E-state index in [1.54, 1.807) is 11.5 Å². The Bertz CT molecular complexity index is 130. The van der Waals surface area contributed by atoms with Gasteiger partial charge in [-0.15, -0.1) is 0 Å². The second-order valence-electron chi connectivity index (χ2n) is 5.69. The molecule has 0 unspecified atom stereocenters. The van der Waals surface area contributed by atoms with Crippen LogP contribution >= 0.6 is 0 Å². The standard InChI is InChI=1S/2C4H9.C2H6FGe.FH.Sn/c3*1-4(2)3;;/h2*1-3H3;1-2H3;1H;/q;;;;+1/p-1. The van der Waals surface area contributed by atoms with Gasteiger partial charge in [-0.2, -0.15) is 0 Å². The van der Waals surface area contributed by atoms with Crippen LogP contribution in [0, 0.1) is 0 Å². The molecule has 0 aliphatic carbocycles. The van der Waals surface area contributed by atoms with Gasteiger partial charge in [0, 0.05) is 0 Å². The topological polar surface area (TPSA) is 0 Å². The Balaban J connectivity index is 0. The Morgan fingerprint density at radius 1 is 0.857 bits per heavy atom. The quantitative estimate of drug-likeness (QED) is 0.537. The zero-order chi connectivity index (χ0) is 12.2. The summed E-state index contributed by atoms with van der Waals surface area (Å²) >= 11 is -4.47. The summed E-state index contributed by atoms with van der Waals surface area (Å²) in [7, 11) is 0. The summed E-state index contributed by atoms with van der Waals surface area (Å²) in [6.45, 7) is 12.1. The van der Waals surface area contributed by atoms with Gasteiger partial charge < -0.3 is 0 Å². The van der Waals surface area contributed by atoms with Gasteiger partial charge in [0.15, 0.2) is 0 Å². The first-order valence-corrected chi connectivity index (χ1v) is 13.8. The molecule has 14 heavy (non-hydrogen) atoms. The van der Waals surface area contributed by atoms with Gasteiger partial charge in [0.25, 0.3) is 0 Å². The SMILES string of the molecule is C[C](C)(C)[Sn]([F])[C](C)(C)C.[CH3][Ge]([CH3])[F]. The summed E-state index contributed by atoms with van der Waals surface area (Å²) in [6.07, 6.45) is 0. The van der Waals surface area contributed by atoms with Gasteiger partial charge in [0.1, 0.15) is 0 Å². The van der Waals surface area contributed by atoms with Crippen LogP contribution in [0.4, 0.5) is 6.37 Å². The molecule has 0 nitrogen and oxygen atoms in total. The van der Waals surface area contributed by atoms with Crippen LogP contribution in [0.1, 0.15) is 41.5 Å². The summed E-state index contributed by atoms with van der Waals surface area (Å²) < 4.78 is 24.7. The van der Waals surface area contributed by atoms with E-state index in [1.807, 2.05) is 41.5 Å². The van der Waals surface area contributed by atoms with Gasteiger partial charge >= 0.3 is 101 Å². The molecular weight excluding hydrogens is 349 g/mol. The molecule has 0 N–H and O–H groups in total. The molecule has 0 aromatic carbocycles. The average molecular weight is 374 g/mol. The van der Waals surface area contributed by atoms with Crippen molar-refractivity contribution < 1.29 is 6.37 Å². The van der Waals surface area contributed by atoms with Gasteiger partial charge in [-0.3, -0.25) is 0 Å². The fourth-order valence-corrected chi connectivity index (χ4v) is 7.55. The Kier molecular flexibility index (Phi) is 8.44. The first-order chi connectivity index (χ1) is 5.89. The number of hydrogen-bond acceptors (Lipinski definition) is 0. The Morgan fingerprint density at radius 3 is 1.00 bits per heavy atom. The molecule has 0 aromatic heterocycles. The molecule has 0 heterocycles. The van der Waals surface area contributed by atoms with E-state index in [9.17, 15) is 6.37 Å². The van der Waals surface area contributed by atoms with E-state index >= 15 is 0 Å². The molecule has 0 spiro atoms. The minimum atomic E-state index is -2.64. The normalized spacial score (nSPS) is 12.9. The van der Waals surface area contributed by atoms with Crippen molar-refractivity contribution in [1.29, 1.82) is 0 Å². The number of halogens is 2. The number of rotatable bonds is 0. The summed E-state index contributed by atoms with van der Waals surface area (Å²) in [6, 6.07) is 0. The molecule has 0 aliphatic heterocycles. The van der Waals surface area contributed by atoms with Crippen molar-refractivity contribution in [3.05, 3.63) is 0 Å². The molecule has 86 valence electrons. The van der Waals surface area contributed by atoms with Gasteiger partial charge in [-0.05, 0) is 0 Å². The molecule has 0 aliphatic rings. The first kappa shape index (κ1) is 17.6. The third-order valence-electron chi connectivity index (χ3n) is 1.32. The van der Waals surface area contributed by atoms with Crippen LogP contribution in [0.5, 0.6) is 0 Å². The van der Waals surface area contributed by atoms with E-state index in [2.05, 4.69) is 0 Å². The molecule has 2 radical (unpaired) electrons. The molecule has 0 fully saturated rings.